The van der Waals surface area contributed by atoms with E-state index >= 15 is 0 Å². The highest BCUT2D eigenvalue weighted by Crippen LogP contribution is 2.42. The summed E-state index contributed by atoms with van der Waals surface area (Å²) in [6, 6.07) is 3.74. The number of amides is 1. The van der Waals surface area contributed by atoms with Crippen LogP contribution in [0.1, 0.15) is 44.6 Å². The minimum atomic E-state index is -0.0571. The largest absolute Gasteiger partial charge is 0.356 e. The van der Waals surface area contributed by atoms with Gasteiger partial charge in [-0.25, -0.2) is 4.98 Å². The average molecular weight is 459 g/mol. The molecule has 1 saturated carbocycles. The maximum absolute atomic E-state index is 11.9. The fourth-order valence-electron chi connectivity index (χ4n) is 2.87. The quantitative estimate of drug-likeness (QED) is 0.333. The van der Waals surface area contributed by atoms with Gasteiger partial charge in [0, 0.05) is 32.8 Å². The van der Waals surface area contributed by atoms with Gasteiger partial charge in [-0.15, -0.1) is 24.0 Å². The monoisotopic (exact) mass is 459 g/mol. The SMILES string of the molecule is CCC1(CNC(=NC)NCCC(=O)Nc2ccc(C)cn2)CCC1.I. The lowest BCUT2D eigenvalue weighted by Crippen LogP contribution is -2.46. The van der Waals surface area contributed by atoms with Gasteiger partial charge in [-0.05, 0) is 43.2 Å². The van der Waals surface area contributed by atoms with Crippen LogP contribution < -0.4 is 16.0 Å². The number of carbonyl (C=O) groups excluding carboxylic acids is 1. The molecule has 1 fully saturated rings. The van der Waals surface area contributed by atoms with Gasteiger partial charge in [0.05, 0.1) is 0 Å². The van der Waals surface area contributed by atoms with Crippen LogP contribution in [0.3, 0.4) is 0 Å². The van der Waals surface area contributed by atoms with Crippen LogP contribution in [0.4, 0.5) is 5.82 Å². The summed E-state index contributed by atoms with van der Waals surface area (Å²) in [5, 5.41) is 9.38. The van der Waals surface area contributed by atoms with Crippen molar-refractivity contribution in [1.82, 2.24) is 15.6 Å². The van der Waals surface area contributed by atoms with Crippen LogP contribution in [0, 0.1) is 12.3 Å². The van der Waals surface area contributed by atoms with Crippen molar-refractivity contribution in [2.45, 2.75) is 46.0 Å². The molecule has 25 heavy (non-hydrogen) atoms. The van der Waals surface area contributed by atoms with Crippen LogP contribution in [-0.2, 0) is 4.79 Å². The van der Waals surface area contributed by atoms with Crippen LogP contribution in [0.15, 0.2) is 23.3 Å². The van der Waals surface area contributed by atoms with Crippen molar-refractivity contribution in [1.29, 1.82) is 0 Å². The summed E-state index contributed by atoms with van der Waals surface area (Å²) >= 11 is 0. The van der Waals surface area contributed by atoms with Crippen molar-refractivity contribution in [2.75, 3.05) is 25.5 Å². The first-order valence-electron chi connectivity index (χ1n) is 8.74. The molecule has 3 N–H and O–H groups in total. The van der Waals surface area contributed by atoms with Crippen molar-refractivity contribution in [3.8, 4) is 0 Å². The van der Waals surface area contributed by atoms with E-state index in [1.807, 2.05) is 19.1 Å². The van der Waals surface area contributed by atoms with Gasteiger partial charge in [0.1, 0.15) is 5.82 Å². The molecule has 1 heterocycles. The first kappa shape index (κ1) is 21.7. The van der Waals surface area contributed by atoms with E-state index in [4.69, 9.17) is 0 Å². The second-order valence-corrected chi connectivity index (χ2v) is 6.58. The van der Waals surface area contributed by atoms with E-state index < -0.39 is 0 Å². The minimum Gasteiger partial charge on any atom is -0.356 e. The second kappa shape index (κ2) is 10.6. The number of carbonyl (C=O) groups is 1. The molecule has 6 nitrogen and oxygen atoms in total. The molecular weight excluding hydrogens is 429 g/mol. The fraction of sp³-hybridized carbons (Fsp3) is 0.611. The summed E-state index contributed by atoms with van der Waals surface area (Å²) < 4.78 is 0. The maximum Gasteiger partial charge on any atom is 0.227 e. The molecule has 0 aromatic carbocycles. The van der Waals surface area contributed by atoms with Crippen molar-refractivity contribution in [3.63, 3.8) is 0 Å². The zero-order valence-corrected chi connectivity index (χ0v) is 17.7. The summed E-state index contributed by atoms with van der Waals surface area (Å²) in [4.78, 5) is 20.3. The summed E-state index contributed by atoms with van der Waals surface area (Å²) in [6.45, 7) is 5.70. The molecule has 0 spiro atoms. The number of nitrogens with zero attached hydrogens (tertiary/aromatic N) is 2. The summed E-state index contributed by atoms with van der Waals surface area (Å²) in [6.07, 6.45) is 7.22. The Morgan fingerprint density at radius 3 is 2.60 bits per heavy atom. The average Bonchev–Trinajstić information content (AvgIpc) is 2.54. The van der Waals surface area contributed by atoms with Gasteiger partial charge in [0.15, 0.2) is 5.96 Å². The van der Waals surface area contributed by atoms with E-state index in [0.717, 1.165) is 18.1 Å². The van der Waals surface area contributed by atoms with Gasteiger partial charge in [-0.3, -0.25) is 9.79 Å². The standard InChI is InChI=1S/C18H29N5O.HI/c1-4-18(9-5-10-18)13-22-17(19-3)20-11-8-16(24)23-15-7-6-14(2)12-21-15;/h6-7,12H,4-5,8-11,13H2,1-3H3,(H2,19,20,22)(H,21,23,24);1H. The topological polar surface area (TPSA) is 78.4 Å². The highest BCUT2D eigenvalue weighted by molar-refractivity contribution is 14.0. The van der Waals surface area contributed by atoms with Crippen LogP contribution in [0.25, 0.3) is 0 Å². The van der Waals surface area contributed by atoms with Gasteiger partial charge >= 0.3 is 0 Å². The molecule has 2 rings (SSSR count). The number of aromatic nitrogens is 1. The Hall–Kier alpha value is -1.38. The van der Waals surface area contributed by atoms with Gasteiger partial charge in [0.25, 0.3) is 0 Å². The number of hydrogen-bond acceptors (Lipinski definition) is 3. The molecule has 0 radical (unpaired) electrons. The molecule has 0 unspecified atom stereocenters. The van der Waals surface area contributed by atoms with E-state index in [1.165, 1.54) is 25.7 Å². The van der Waals surface area contributed by atoms with E-state index in [1.54, 1.807) is 13.2 Å². The van der Waals surface area contributed by atoms with Gasteiger partial charge in [0.2, 0.25) is 5.91 Å². The minimum absolute atomic E-state index is 0. The Bertz CT molecular complexity index is 564. The molecule has 140 valence electrons. The van der Waals surface area contributed by atoms with Crippen molar-refractivity contribution in [2.24, 2.45) is 10.4 Å². The normalized spacial score (nSPS) is 15.6. The van der Waals surface area contributed by atoms with E-state index in [9.17, 15) is 4.79 Å². The smallest absolute Gasteiger partial charge is 0.227 e. The molecule has 1 aliphatic rings. The number of aliphatic imine (C=N–C) groups is 1. The van der Waals surface area contributed by atoms with Crippen molar-refractivity contribution >= 4 is 41.7 Å². The first-order chi connectivity index (χ1) is 11.6. The maximum atomic E-state index is 11.9. The highest BCUT2D eigenvalue weighted by atomic mass is 127. The molecule has 0 aliphatic heterocycles. The van der Waals surface area contributed by atoms with Crippen LogP contribution in [-0.4, -0.2) is 37.0 Å². The Morgan fingerprint density at radius 2 is 2.08 bits per heavy atom. The third-order valence-corrected chi connectivity index (χ3v) is 4.84. The Kier molecular flexibility index (Phi) is 9.16. The molecule has 1 aromatic rings. The van der Waals surface area contributed by atoms with Crippen LogP contribution in [0.5, 0.6) is 0 Å². The number of guanidine groups is 1. The Morgan fingerprint density at radius 1 is 1.32 bits per heavy atom. The van der Waals surface area contributed by atoms with Crippen LogP contribution in [0.2, 0.25) is 0 Å². The van der Waals surface area contributed by atoms with Crippen LogP contribution >= 0.6 is 24.0 Å². The molecule has 0 saturated heterocycles. The van der Waals surface area contributed by atoms with Gasteiger partial charge < -0.3 is 16.0 Å². The third kappa shape index (κ3) is 6.80. The number of hydrogen-bond donors (Lipinski definition) is 3. The van der Waals surface area contributed by atoms with Crippen molar-refractivity contribution in [3.05, 3.63) is 23.9 Å². The van der Waals surface area contributed by atoms with Crippen molar-refractivity contribution < 1.29 is 4.79 Å². The first-order valence-corrected chi connectivity index (χ1v) is 8.74. The molecule has 7 heteroatoms. The Balaban J connectivity index is 0.00000312. The fourth-order valence-corrected chi connectivity index (χ4v) is 2.87. The summed E-state index contributed by atoms with van der Waals surface area (Å²) in [7, 11) is 1.75. The molecule has 0 atom stereocenters. The lowest BCUT2D eigenvalue weighted by atomic mass is 9.67. The summed E-state index contributed by atoms with van der Waals surface area (Å²) in [5.74, 6) is 1.29. The molecule has 1 aromatic heterocycles. The van der Waals surface area contributed by atoms with E-state index in [2.05, 4.69) is 32.9 Å². The predicted octanol–water partition coefficient (Wildman–Crippen LogP) is 3.08. The predicted molar refractivity (Wildman–Crippen MR) is 114 cm³/mol. The number of halogens is 1. The van der Waals surface area contributed by atoms with Gasteiger partial charge in [-0.2, -0.15) is 0 Å². The van der Waals surface area contributed by atoms with Gasteiger partial charge in [-0.1, -0.05) is 19.4 Å². The number of nitrogens with one attached hydrogen (secondary N) is 3. The third-order valence-electron chi connectivity index (χ3n) is 4.84. The highest BCUT2D eigenvalue weighted by Gasteiger charge is 2.34. The van der Waals surface area contributed by atoms with E-state index in [0.29, 0.717) is 24.2 Å². The lowest BCUT2D eigenvalue weighted by molar-refractivity contribution is -0.116. The molecule has 1 amide bonds. The lowest BCUT2D eigenvalue weighted by Gasteiger charge is -2.41. The molecular formula is C18H30IN5O. The molecule has 1 aliphatic carbocycles. The summed E-state index contributed by atoms with van der Waals surface area (Å²) in [5.41, 5.74) is 1.51. The number of anilines is 1. The number of rotatable bonds is 7. The number of aryl methyl sites for hydroxylation is 1. The zero-order valence-electron chi connectivity index (χ0n) is 15.4. The molecule has 0 bridgehead atoms. The number of pyridine rings is 1. The van der Waals surface area contributed by atoms with E-state index in [-0.39, 0.29) is 29.9 Å². The zero-order chi connectivity index (χ0) is 17.4. The second-order valence-electron chi connectivity index (χ2n) is 6.58. The Labute approximate surface area is 167 Å².